The number of hydrogen-bond acceptors (Lipinski definition) is 5. The quantitative estimate of drug-likeness (QED) is 0.364. The minimum atomic E-state index is -0.550. The Morgan fingerprint density at radius 1 is 1.05 bits per heavy atom. The Balaban J connectivity index is 1.08. The lowest BCUT2D eigenvalue weighted by Gasteiger charge is -2.26. The third-order valence-corrected chi connectivity index (χ3v) is 8.40. The maximum absolute atomic E-state index is 10.9. The molecule has 0 radical (unpaired) electrons. The van der Waals surface area contributed by atoms with E-state index in [9.17, 15) is 5.11 Å². The first-order valence-electron chi connectivity index (χ1n) is 13.2. The van der Waals surface area contributed by atoms with Crippen LogP contribution in [0.4, 0.5) is 5.69 Å². The predicted molar refractivity (Wildman–Crippen MR) is 147 cm³/mol. The Hall–Kier alpha value is -3.45. The number of hydrogen-bond donors (Lipinski definition) is 3. The number of ether oxygens (including phenoxy) is 1. The minimum Gasteiger partial charge on any atom is -0.379 e. The van der Waals surface area contributed by atoms with Gasteiger partial charge >= 0.3 is 0 Å². The summed E-state index contributed by atoms with van der Waals surface area (Å²) in [5, 5.41) is 23.1. The monoisotopic (exact) mass is 492 g/mol. The molecule has 1 spiro atoms. The highest BCUT2D eigenvalue weighted by molar-refractivity contribution is 5.90. The number of aliphatic hydroxyl groups excluding tert-OH is 1. The van der Waals surface area contributed by atoms with Crippen LogP contribution in [0.2, 0.25) is 0 Å². The molecule has 1 saturated heterocycles. The molecular weight excluding hydrogens is 460 g/mol. The summed E-state index contributed by atoms with van der Waals surface area (Å²) in [5.74, 6) is 0.292. The number of H-pyrrole nitrogens is 1. The summed E-state index contributed by atoms with van der Waals surface area (Å²) in [6.45, 7) is 6.74. The second-order valence-electron chi connectivity index (χ2n) is 10.8. The van der Waals surface area contributed by atoms with Crippen molar-refractivity contribution in [1.82, 2.24) is 15.1 Å². The zero-order valence-electron chi connectivity index (χ0n) is 21.1. The van der Waals surface area contributed by atoms with Crippen LogP contribution in [-0.4, -0.2) is 52.7 Å². The van der Waals surface area contributed by atoms with Crippen molar-refractivity contribution in [3.05, 3.63) is 94.2 Å². The van der Waals surface area contributed by atoms with Crippen LogP contribution < -0.4 is 5.32 Å². The van der Waals surface area contributed by atoms with Crippen LogP contribution in [0.15, 0.2) is 60.7 Å². The van der Waals surface area contributed by atoms with Crippen molar-refractivity contribution in [1.29, 1.82) is 0 Å². The van der Waals surface area contributed by atoms with Gasteiger partial charge in [-0.25, -0.2) is 0 Å². The van der Waals surface area contributed by atoms with Crippen molar-refractivity contribution >= 4 is 28.7 Å². The van der Waals surface area contributed by atoms with Crippen LogP contribution in [0.5, 0.6) is 0 Å². The molecule has 188 valence electrons. The van der Waals surface area contributed by atoms with Crippen LogP contribution >= 0.6 is 0 Å². The van der Waals surface area contributed by atoms with Gasteiger partial charge in [0.1, 0.15) is 6.23 Å². The minimum absolute atomic E-state index is 0.230. The van der Waals surface area contributed by atoms with Crippen molar-refractivity contribution in [2.75, 3.05) is 31.6 Å². The van der Waals surface area contributed by atoms with Gasteiger partial charge in [0.15, 0.2) is 0 Å². The highest BCUT2D eigenvalue weighted by Crippen LogP contribution is 2.66. The molecule has 4 aromatic rings. The molecule has 6 heteroatoms. The Labute approximate surface area is 217 Å². The fourth-order valence-electron chi connectivity index (χ4n) is 6.22. The number of benzene rings is 3. The van der Waals surface area contributed by atoms with Gasteiger partial charge in [0.25, 0.3) is 0 Å². The Kier molecular flexibility index (Phi) is 5.43. The summed E-state index contributed by atoms with van der Waals surface area (Å²) in [6.07, 6.45) is 4.60. The van der Waals surface area contributed by atoms with Gasteiger partial charge in [0.05, 0.1) is 24.4 Å². The highest BCUT2D eigenvalue weighted by atomic mass is 16.5. The van der Waals surface area contributed by atoms with E-state index in [-0.39, 0.29) is 5.41 Å². The summed E-state index contributed by atoms with van der Waals surface area (Å²) in [4.78, 5) is 2.44. The maximum atomic E-state index is 10.9. The lowest BCUT2D eigenvalue weighted by atomic mass is 9.90. The van der Waals surface area contributed by atoms with Crippen molar-refractivity contribution in [3.8, 4) is 0 Å². The van der Waals surface area contributed by atoms with E-state index < -0.39 is 6.23 Å². The van der Waals surface area contributed by atoms with Crippen molar-refractivity contribution in [2.45, 2.75) is 37.5 Å². The van der Waals surface area contributed by atoms with Crippen LogP contribution in [-0.2, 0) is 16.7 Å². The fraction of sp³-hybridized carbons (Fsp3) is 0.323. The smallest absolute Gasteiger partial charge is 0.134 e. The van der Waals surface area contributed by atoms with E-state index in [0.29, 0.717) is 5.92 Å². The Bertz CT molecular complexity index is 1490. The Morgan fingerprint density at radius 3 is 2.73 bits per heavy atom. The molecule has 7 rings (SSSR count). The molecule has 37 heavy (non-hydrogen) atoms. The predicted octanol–water partition coefficient (Wildman–Crippen LogP) is 5.04. The van der Waals surface area contributed by atoms with Gasteiger partial charge in [0, 0.05) is 36.1 Å². The molecule has 2 aliphatic heterocycles. The van der Waals surface area contributed by atoms with E-state index in [0.717, 1.165) is 67.1 Å². The van der Waals surface area contributed by atoms with Gasteiger partial charge in [-0.3, -0.25) is 10.00 Å². The lowest BCUT2D eigenvalue weighted by Crippen LogP contribution is -2.35. The molecule has 2 fully saturated rings. The summed E-state index contributed by atoms with van der Waals surface area (Å²) in [7, 11) is 0. The molecule has 1 saturated carbocycles. The number of aromatic amines is 1. The second kappa shape index (κ2) is 8.84. The van der Waals surface area contributed by atoms with E-state index in [2.05, 4.69) is 100 Å². The van der Waals surface area contributed by atoms with Gasteiger partial charge in [0.2, 0.25) is 0 Å². The molecule has 3 aliphatic rings. The molecule has 3 unspecified atom stereocenters. The topological polar surface area (TPSA) is 73.4 Å². The first kappa shape index (κ1) is 22.7. The summed E-state index contributed by atoms with van der Waals surface area (Å²) < 4.78 is 5.45. The standard InChI is InChI=1S/C31H32N4O2/c1-20-2-10-28-25(16-20)31(30(36)32-28)18-26(31)23-8-9-24-27(33-34-29(24)17-23)11-7-21-3-5-22(6-4-21)19-35-12-14-37-15-13-35/h2-11,16-17,26,30,32,36H,12-15,18-19H2,1H3,(H,33,34)/b11-7+. The number of aryl methyl sites for hydroxylation is 1. The van der Waals surface area contributed by atoms with Crippen LogP contribution in [0, 0.1) is 6.92 Å². The van der Waals surface area contributed by atoms with Crippen molar-refractivity contribution in [3.63, 3.8) is 0 Å². The van der Waals surface area contributed by atoms with Gasteiger partial charge in [-0.2, -0.15) is 5.10 Å². The summed E-state index contributed by atoms with van der Waals surface area (Å²) in [5.41, 5.74) is 9.01. The first-order chi connectivity index (χ1) is 18.1. The largest absolute Gasteiger partial charge is 0.379 e. The lowest BCUT2D eigenvalue weighted by molar-refractivity contribution is 0.0342. The molecule has 3 N–H and O–H groups in total. The molecule has 1 aliphatic carbocycles. The number of nitrogens with zero attached hydrogens (tertiary/aromatic N) is 2. The fourth-order valence-corrected chi connectivity index (χ4v) is 6.22. The van der Waals surface area contributed by atoms with Crippen molar-refractivity contribution in [2.24, 2.45) is 0 Å². The van der Waals surface area contributed by atoms with E-state index in [1.807, 2.05) is 0 Å². The van der Waals surface area contributed by atoms with Crippen molar-refractivity contribution < 1.29 is 9.84 Å². The number of aliphatic hydroxyl groups is 1. The van der Waals surface area contributed by atoms with Crippen LogP contribution in [0.25, 0.3) is 23.1 Å². The molecule has 1 aromatic heterocycles. The number of rotatable bonds is 5. The molecular formula is C31H32N4O2. The van der Waals surface area contributed by atoms with Crippen LogP contribution in [0.3, 0.4) is 0 Å². The van der Waals surface area contributed by atoms with Crippen LogP contribution in [0.1, 0.15) is 45.8 Å². The van der Waals surface area contributed by atoms with E-state index in [1.54, 1.807) is 0 Å². The number of morpholine rings is 1. The van der Waals surface area contributed by atoms with E-state index in [1.165, 1.54) is 22.3 Å². The van der Waals surface area contributed by atoms with E-state index in [4.69, 9.17) is 4.74 Å². The second-order valence-corrected chi connectivity index (χ2v) is 10.8. The maximum Gasteiger partial charge on any atom is 0.134 e. The zero-order valence-corrected chi connectivity index (χ0v) is 21.1. The third-order valence-electron chi connectivity index (χ3n) is 8.40. The molecule has 3 heterocycles. The highest BCUT2D eigenvalue weighted by Gasteiger charge is 2.64. The van der Waals surface area contributed by atoms with Gasteiger partial charge in [-0.05, 0) is 59.7 Å². The van der Waals surface area contributed by atoms with Gasteiger partial charge < -0.3 is 15.2 Å². The number of anilines is 1. The average Bonchev–Trinajstić information content (AvgIpc) is 3.47. The normalized spacial score (nSPS) is 25.1. The zero-order chi connectivity index (χ0) is 25.0. The SMILES string of the molecule is Cc1ccc2c(c1)C1(CC1c1ccc3c(/C=C/c4ccc(CN5CCOCC5)cc4)n[nH]c3c1)C(O)N2. The molecule has 3 aromatic carbocycles. The third kappa shape index (κ3) is 3.96. The van der Waals surface area contributed by atoms with Gasteiger partial charge in [-0.1, -0.05) is 60.2 Å². The average molecular weight is 493 g/mol. The summed E-state index contributed by atoms with van der Waals surface area (Å²) >= 11 is 0. The first-order valence-corrected chi connectivity index (χ1v) is 13.2. The molecule has 3 atom stereocenters. The molecule has 0 amide bonds. The number of fused-ring (bicyclic) bond motifs is 3. The van der Waals surface area contributed by atoms with E-state index >= 15 is 0 Å². The number of nitrogens with one attached hydrogen (secondary N) is 2. The molecule has 0 bridgehead atoms. The molecule has 6 nitrogen and oxygen atoms in total. The van der Waals surface area contributed by atoms with Gasteiger partial charge in [-0.15, -0.1) is 0 Å². The number of aromatic nitrogens is 2. The Morgan fingerprint density at radius 2 is 1.89 bits per heavy atom. The summed E-state index contributed by atoms with van der Waals surface area (Å²) in [6, 6.07) is 21.8.